The Morgan fingerprint density at radius 2 is 1.97 bits per heavy atom. The third-order valence-electron chi connectivity index (χ3n) is 4.64. The Hall–Kier alpha value is -2.49. The summed E-state index contributed by atoms with van der Waals surface area (Å²) in [5.41, 5.74) is 2.28. The van der Waals surface area contributed by atoms with Crippen LogP contribution in [0.15, 0.2) is 54.0 Å². The van der Waals surface area contributed by atoms with Gasteiger partial charge in [0.25, 0.3) is 5.91 Å². The number of sulfonamides is 1. The lowest BCUT2D eigenvalue weighted by molar-refractivity contribution is 0.0953. The zero-order valence-corrected chi connectivity index (χ0v) is 18.7. The molecule has 0 spiro atoms. The zero-order chi connectivity index (χ0) is 21.6. The minimum Gasteiger partial charge on any atom is -0.352 e. The van der Waals surface area contributed by atoms with E-state index in [1.165, 1.54) is 21.9 Å². The summed E-state index contributed by atoms with van der Waals surface area (Å²) >= 11 is 1.54. The molecule has 1 amide bonds. The van der Waals surface area contributed by atoms with Crippen LogP contribution in [0.5, 0.6) is 0 Å². The smallest absolute Gasteiger partial charge is 0.255 e. The Morgan fingerprint density at radius 1 is 1.20 bits per heavy atom. The lowest BCUT2D eigenvalue weighted by Crippen LogP contribution is -2.33. The molecule has 0 atom stereocenters. The number of benzene rings is 1. The summed E-state index contributed by atoms with van der Waals surface area (Å²) in [7, 11) is -3.22. The first-order chi connectivity index (χ1) is 14.4. The lowest BCUT2D eigenvalue weighted by Gasteiger charge is -2.17. The number of rotatable bonds is 10. The Morgan fingerprint density at radius 3 is 2.60 bits per heavy atom. The molecule has 0 aliphatic heterocycles. The van der Waals surface area contributed by atoms with Crippen molar-refractivity contribution in [1.82, 2.24) is 19.4 Å². The van der Waals surface area contributed by atoms with Gasteiger partial charge in [-0.2, -0.15) is 5.10 Å². The third-order valence-corrected chi connectivity index (χ3v) is 6.90. The normalized spacial score (nSPS) is 11.7. The minimum absolute atomic E-state index is 0.208. The Kier molecular flexibility index (Phi) is 7.41. The van der Waals surface area contributed by atoms with Crippen LogP contribution in [-0.4, -0.2) is 54.3 Å². The average Bonchev–Trinajstić information content (AvgIpc) is 3.37. The van der Waals surface area contributed by atoms with Crippen molar-refractivity contribution in [3.8, 4) is 10.6 Å². The standard InChI is InChI=1S/C21H26N4O3S2/c1-3-25(30(2,27)28)13-8-12-22-21(26)18-16-24(15-17-9-5-4-6-10-17)23-20(18)19-11-7-14-29-19/h4-7,9-11,14,16H,3,8,12-13,15H2,1-2H3,(H,22,26). The number of hydrogen-bond acceptors (Lipinski definition) is 5. The van der Waals surface area contributed by atoms with Gasteiger partial charge in [-0.05, 0) is 23.4 Å². The molecule has 30 heavy (non-hydrogen) atoms. The molecule has 160 valence electrons. The predicted molar refractivity (Wildman–Crippen MR) is 120 cm³/mol. The molecule has 0 saturated carbocycles. The second-order valence-corrected chi connectivity index (χ2v) is 9.85. The summed E-state index contributed by atoms with van der Waals surface area (Å²) in [6, 6.07) is 13.8. The minimum atomic E-state index is -3.22. The van der Waals surface area contributed by atoms with Crippen LogP contribution in [0.1, 0.15) is 29.3 Å². The highest BCUT2D eigenvalue weighted by molar-refractivity contribution is 7.88. The maximum atomic E-state index is 12.8. The zero-order valence-electron chi connectivity index (χ0n) is 17.1. The molecule has 7 nitrogen and oxygen atoms in total. The number of nitrogens with zero attached hydrogens (tertiary/aromatic N) is 3. The molecule has 0 aliphatic carbocycles. The van der Waals surface area contributed by atoms with Crippen LogP contribution in [0.4, 0.5) is 0 Å². The van der Waals surface area contributed by atoms with Gasteiger partial charge in [-0.25, -0.2) is 12.7 Å². The van der Waals surface area contributed by atoms with Gasteiger partial charge in [-0.15, -0.1) is 11.3 Å². The van der Waals surface area contributed by atoms with Crippen molar-refractivity contribution in [2.45, 2.75) is 19.9 Å². The van der Waals surface area contributed by atoms with Gasteiger partial charge in [0.2, 0.25) is 10.0 Å². The number of carbonyl (C=O) groups is 1. The molecule has 9 heteroatoms. The van der Waals surface area contributed by atoms with E-state index >= 15 is 0 Å². The number of aromatic nitrogens is 2. The van der Waals surface area contributed by atoms with Crippen LogP contribution in [0.25, 0.3) is 10.6 Å². The number of hydrogen-bond donors (Lipinski definition) is 1. The molecule has 3 rings (SSSR count). The number of thiophene rings is 1. The summed E-state index contributed by atoms with van der Waals surface area (Å²) < 4.78 is 26.5. The average molecular weight is 447 g/mol. The first kappa shape index (κ1) is 22.2. The SMILES string of the molecule is CCN(CCCNC(=O)c1cn(Cc2ccccc2)nc1-c1cccs1)S(C)(=O)=O. The van der Waals surface area contributed by atoms with Crippen molar-refractivity contribution >= 4 is 27.3 Å². The van der Waals surface area contributed by atoms with Crippen LogP contribution in [0, 0.1) is 0 Å². The number of nitrogens with one attached hydrogen (secondary N) is 1. The maximum Gasteiger partial charge on any atom is 0.255 e. The molecule has 0 aliphatic rings. The summed E-state index contributed by atoms with van der Waals surface area (Å²) in [5, 5.41) is 9.51. The Bertz CT molecular complexity index is 1060. The van der Waals surface area contributed by atoms with Crippen molar-refractivity contribution < 1.29 is 13.2 Å². The van der Waals surface area contributed by atoms with Crippen LogP contribution in [0.2, 0.25) is 0 Å². The van der Waals surface area contributed by atoms with Gasteiger partial charge in [-0.1, -0.05) is 43.3 Å². The quantitative estimate of drug-likeness (QED) is 0.485. The van der Waals surface area contributed by atoms with Gasteiger partial charge < -0.3 is 5.32 Å². The molecule has 1 aromatic carbocycles. The van der Waals surface area contributed by atoms with Crippen molar-refractivity contribution in [1.29, 1.82) is 0 Å². The molecule has 1 N–H and O–H groups in total. The van der Waals surface area contributed by atoms with Gasteiger partial charge in [0.05, 0.1) is 23.2 Å². The van der Waals surface area contributed by atoms with E-state index in [-0.39, 0.29) is 5.91 Å². The molecule has 0 radical (unpaired) electrons. The monoisotopic (exact) mass is 446 g/mol. The van der Waals surface area contributed by atoms with E-state index in [2.05, 4.69) is 10.4 Å². The third kappa shape index (κ3) is 5.78. The molecule has 2 heterocycles. The molecule has 0 bridgehead atoms. The summed E-state index contributed by atoms with van der Waals surface area (Å²) in [4.78, 5) is 13.8. The first-order valence-corrected chi connectivity index (χ1v) is 12.5. The predicted octanol–water partition coefficient (Wildman–Crippen LogP) is 3.06. The van der Waals surface area contributed by atoms with Crippen LogP contribution >= 0.6 is 11.3 Å². The van der Waals surface area contributed by atoms with E-state index < -0.39 is 10.0 Å². The molecular formula is C21H26N4O3S2. The van der Waals surface area contributed by atoms with Gasteiger partial charge in [0, 0.05) is 25.8 Å². The molecule has 0 unspecified atom stereocenters. The summed E-state index contributed by atoms with van der Waals surface area (Å²) in [6.45, 7) is 3.56. The van der Waals surface area contributed by atoms with Gasteiger partial charge in [-0.3, -0.25) is 9.48 Å². The van der Waals surface area contributed by atoms with Gasteiger partial charge in [0.15, 0.2) is 0 Å². The lowest BCUT2D eigenvalue weighted by atomic mass is 10.2. The van der Waals surface area contributed by atoms with Crippen LogP contribution in [0.3, 0.4) is 0 Å². The Balaban J connectivity index is 1.69. The number of carbonyl (C=O) groups excluding carboxylic acids is 1. The van der Waals surface area contributed by atoms with E-state index in [9.17, 15) is 13.2 Å². The van der Waals surface area contributed by atoms with E-state index in [0.29, 0.717) is 43.9 Å². The topological polar surface area (TPSA) is 84.3 Å². The molecular weight excluding hydrogens is 420 g/mol. The Labute approximate surface area is 181 Å². The van der Waals surface area contributed by atoms with E-state index in [1.54, 1.807) is 17.8 Å². The van der Waals surface area contributed by atoms with Gasteiger partial charge in [0.1, 0.15) is 5.69 Å². The largest absolute Gasteiger partial charge is 0.352 e. The van der Waals surface area contributed by atoms with Crippen molar-refractivity contribution in [3.63, 3.8) is 0 Å². The fourth-order valence-electron chi connectivity index (χ4n) is 3.15. The highest BCUT2D eigenvalue weighted by atomic mass is 32.2. The number of amides is 1. The van der Waals surface area contributed by atoms with Crippen molar-refractivity contribution in [3.05, 3.63) is 65.2 Å². The van der Waals surface area contributed by atoms with E-state index in [0.717, 1.165) is 10.4 Å². The molecule has 2 aromatic heterocycles. The van der Waals surface area contributed by atoms with Crippen molar-refractivity contribution in [2.75, 3.05) is 25.9 Å². The second-order valence-electron chi connectivity index (χ2n) is 6.92. The fourth-order valence-corrected chi connectivity index (χ4v) is 4.80. The first-order valence-electron chi connectivity index (χ1n) is 9.77. The van der Waals surface area contributed by atoms with Gasteiger partial charge >= 0.3 is 0 Å². The fraction of sp³-hybridized carbons (Fsp3) is 0.333. The molecule has 0 saturated heterocycles. The second kappa shape index (κ2) is 10.0. The van der Waals surface area contributed by atoms with E-state index in [4.69, 9.17) is 0 Å². The summed E-state index contributed by atoms with van der Waals surface area (Å²) in [5.74, 6) is -0.208. The highest BCUT2D eigenvalue weighted by Gasteiger charge is 2.19. The van der Waals surface area contributed by atoms with E-state index in [1.807, 2.05) is 47.8 Å². The maximum absolute atomic E-state index is 12.8. The summed E-state index contributed by atoms with van der Waals surface area (Å²) in [6.07, 6.45) is 3.51. The van der Waals surface area contributed by atoms with Crippen molar-refractivity contribution in [2.24, 2.45) is 0 Å². The highest BCUT2D eigenvalue weighted by Crippen LogP contribution is 2.27. The molecule has 3 aromatic rings. The molecule has 0 fully saturated rings. The van der Waals surface area contributed by atoms with Crippen LogP contribution < -0.4 is 5.32 Å². The van der Waals surface area contributed by atoms with Crippen LogP contribution in [-0.2, 0) is 16.6 Å².